The van der Waals surface area contributed by atoms with Crippen molar-refractivity contribution in [2.24, 2.45) is 0 Å². The molecule has 0 aliphatic carbocycles. The minimum atomic E-state index is 0.125. The Morgan fingerprint density at radius 3 is 1.47 bits per heavy atom. The maximum absolute atomic E-state index is 2.41. The summed E-state index contributed by atoms with van der Waals surface area (Å²) in [5.41, 5.74) is 10.8. The van der Waals surface area contributed by atoms with E-state index in [9.17, 15) is 0 Å². The van der Waals surface area contributed by atoms with Gasteiger partial charge >= 0.3 is 0 Å². The fraction of sp³-hybridized carbons (Fsp3) is 0.243. The third-order valence-corrected chi connectivity index (χ3v) is 8.71. The van der Waals surface area contributed by atoms with Crippen LogP contribution in [0.2, 0.25) is 0 Å². The number of rotatable bonds is 4. The third-order valence-electron chi connectivity index (χ3n) is 7.36. The molecule has 38 heavy (non-hydrogen) atoms. The van der Waals surface area contributed by atoms with Crippen molar-refractivity contribution >= 4 is 27.8 Å². The van der Waals surface area contributed by atoms with Gasteiger partial charge in [0.1, 0.15) is 0 Å². The molecule has 192 valence electrons. The number of thioether (sulfide) groups is 1. The largest absolute Gasteiger partial charge is 0.112 e. The van der Waals surface area contributed by atoms with Gasteiger partial charge in [0.25, 0.3) is 0 Å². The third kappa shape index (κ3) is 5.59. The fourth-order valence-electron chi connectivity index (χ4n) is 5.03. The van der Waals surface area contributed by atoms with E-state index in [1.807, 2.05) is 11.8 Å². The average Bonchev–Trinajstić information content (AvgIpc) is 2.92. The molecular formula is C37H38S. The highest BCUT2D eigenvalue weighted by Crippen LogP contribution is 2.54. The van der Waals surface area contributed by atoms with Crippen LogP contribution in [0.15, 0.2) is 115 Å². The quantitative estimate of drug-likeness (QED) is 0.261. The molecule has 0 saturated heterocycles. The van der Waals surface area contributed by atoms with Crippen LogP contribution in [0.1, 0.15) is 80.2 Å². The van der Waals surface area contributed by atoms with Crippen molar-refractivity contribution in [3.05, 3.63) is 149 Å². The van der Waals surface area contributed by atoms with Crippen LogP contribution in [0.25, 0.3) is 16.1 Å². The van der Waals surface area contributed by atoms with Crippen molar-refractivity contribution < 1.29 is 0 Å². The Kier molecular flexibility index (Phi) is 7.25. The molecule has 1 heteroatoms. The summed E-state index contributed by atoms with van der Waals surface area (Å²) in [6.45, 7) is 13.7. The topological polar surface area (TPSA) is 0 Å². The Bertz CT molecular complexity index is 1440. The van der Waals surface area contributed by atoms with Crippen molar-refractivity contribution in [3.8, 4) is 0 Å². The van der Waals surface area contributed by atoms with E-state index in [1.165, 1.54) is 49.4 Å². The first-order valence-electron chi connectivity index (χ1n) is 13.6. The molecular weight excluding hydrogens is 476 g/mol. The van der Waals surface area contributed by atoms with Gasteiger partial charge in [-0.25, -0.2) is 0 Å². The van der Waals surface area contributed by atoms with Crippen LogP contribution in [0.3, 0.4) is 0 Å². The lowest BCUT2D eigenvalue weighted by molar-refractivity contribution is 0.590. The normalized spacial score (nSPS) is 16.4. The second kappa shape index (κ2) is 10.5. The highest BCUT2D eigenvalue weighted by atomic mass is 32.2. The molecule has 5 rings (SSSR count). The Balaban J connectivity index is 1.73. The minimum absolute atomic E-state index is 0.125. The maximum Gasteiger partial charge on any atom is 0.0606 e. The van der Waals surface area contributed by atoms with Crippen LogP contribution in [0, 0.1) is 0 Å². The molecule has 4 aromatic rings. The molecule has 0 spiro atoms. The molecule has 0 radical (unpaired) electrons. The molecule has 1 heterocycles. The molecule has 0 N–H and O–H groups in total. The van der Waals surface area contributed by atoms with Gasteiger partial charge in [0.05, 0.1) is 5.25 Å². The predicted octanol–water partition coefficient (Wildman–Crippen LogP) is 10.7. The van der Waals surface area contributed by atoms with Crippen molar-refractivity contribution in [2.75, 3.05) is 0 Å². The monoisotopic (exact) mass is 514 g/mol. The summed E-state index contributed by atoms with van der Waals surface area (Å²) in [5, 5.41) is 0.184. The van der Waals surface area contributed by atoms with Crippen LogP contribution < -0.4 is 0 Å². The molecule has 4 aromatic carbocycles. The molecule has 0 aromatic heterocycles. The van der Waals surface area contributed by atoms with Crippen molar-refractivity contribution in [3.63, 3.8) is 0 Å². The first-order chi connectivity index (χ1) is 18.1. The Labute approximate surface area is 233 Å². The zero-order chi connectivity index (χ0) is 26.9. The fourth-order valence-corrected chi connectivity index (χ4v) is 6.42. The molecule has 0 nitrogen and oxygen atoms in total. The van der Waals surface area contributed by atoms with E-state index in [0.717, 1.165) is 0 Å². The lowest BCUT2D eigenvalue weighted by atomic mass is 9.83. The van der Waals surface area contributed by atoms with Crippen LogP contribution >= 0.6 is 11.8 Å². The van der Waals surface area contributed by atoms with Crippen LogP contribution in [-0.2, 0) is 10.8 Å². The van der Waals surface area contributed by atoms with Gasteiger partial charge in [0.2, 0.25) is 0 Å². The standard InChI is InChI=1S/C37H38S/c1-36(2,3)30-21-17-26(18-22-30)32-25-33(27-13-9-7-10-14-27)38-35(34(32)28-15-11-8-12-16-28)29-19-23-31(24-20-29)37(4,5)6/h7-25,35H,1-6H3. The van der Waals surface area contributed by atoms with Gasteiger partial charge in [-0.1, -0.05) is 151 Å². The molecule has 1 aliphatic rings. The van der Waals surface area contributed by atoms with Gasteiger partial charge in [0.15, 0.2) is 0 Å². The minimum Gasteiger partial charge on any atom is -0.112 e. The molecule has 0 fully saturated rings. The highest BCUT2D eigenvalue weighted by molar-refractivity contribution is 8.09. The van der Waals surface area contributed by atoms with Crippen LogP contribution in [0.4, 0.5) is 0 Å². The second-order valence-electron chi connectivity index (χ2n) is 12.3. The lowest BCUT2D eigenvalue weighted by Gasteiger charge is -2.30. The molecule has 0 amide bonds. The maximum atomic E-state index is 2.41. The molecule has 0 bridgehead atoms. The van der Waals surface area contributed by atoms with Gasteiger partial charge in [0, 0.05) is 4.91 Å². The zero-order valence-corrected chi connectivity index (χ0v) is 24.3. The van der Waals surface area contributed by atoms with E-state index in [4.69, 9.17) is 0 Å². The Hall–Kier alpha value is -3.29. The van der Waals surface area contributed by atoms with E-state index in [0.29, 0.717) is 0 Å². The highest BCUT2D eigenvalue weighted by Gasteiger charge is 2.29. The summed E-state index contributed by atoms with van der Waals surface area (Å²) < 4.78 is 0. The van der Waals surface area contributed by atoms with Crippen molar-refractivity contribution in [1.82, 2.24) is 0 Å². The Morgan fingerprint density at radius 2 is 0.974 bits per heavy atom. The van der Waals surface area contributed by atoms with E-state index in [1.54, 1.807) is 0 Å². The number of hydrogen-bond donors (Lipinski definition) is 0. The summed E-state index contributed by atoms with van der Waals surface area (Å²) in [4.78, 5) is 1.31. The Morgan fingerprint density at radius 1 is 0.500 bits per heavy atom. The first-order valence-corrected chi connectivity index (χ1v) is 14.4. The smallest absolute Gasteiger partial charge is 0.0606 e. The van der Waals surface area contributed by atoms with Gasteiger partial charge in [-0.2, -0.15) is 0 Å². The van der Waals surface area contributed by atoms with E-state index >= 15 is 0 Å². The van der Waals surface area contributed by atoms with Crippen LogP contribution in [0.5, 0.6) is 0 Å². The van der Waals surface area contributed by atoms with Gasteiger partial charge in [-0.3, -0.25) is 0 Å². The van der Waals surface area contributed by atoms with Crippen molar-refractivity contribution in [2.45, 2.75) is 57.6 Å². The van der Waals surface area contributed by atoms with E-state index < -0.39 is 0 Å². The summed E-state index contributed by atoms with van der Waals surface area (Å²) in [7, 11) is 0. The van der Waals surface area contributed by atoms with Gasteiger partial charge < -0.3 is 0 Å². The van der Waals surface area contributed by atoms with E-state index in [-0.39, 0.29) is 16.1 Å². The summed E-state index contributed by atoms with van der Waals surface area (Å²) >= 11 is 1.96. The number of hydrogen-bond acceptors (Lipinski definition) is 1. The SMILES string of the molecule is CC(C)(C)c1ccc(C2=C(c3ccccc3)C(c3ccc(C(C)(C)C)cc3)SC(c3ccccc3)=C2)cc1. The summed E-state index contributed by atoms with van der Waals surface area (Å²) in [6.07, 6.45) is 2.41. The molecule has 1 unspecified atom stereocenters. The zero-order valence-electron chi connectivity index (χ0n) is 23.5. The molecule has 0 saturated carbocycles. The average molecular weight is 515 g/mol. The van der Waals surface area contributed by atoms with Gasteiger partial charge in [-0.05, 0) is 61.4 Å². The van der Waals surface area contributed by atoms with E-state index in [2.05, 4.69) is 157 Å². The number of allylic oxidation sites excluding steroid dienone is 2. The predicted molar refractivity (Wildman–Crippen MR) is 168 cm³/mol. The van der Waals surface area contributed by atoms with Crippen LogP contribution in [-0.4, -0.2) is 0 Å². The molecule has 1 aliphatic heterocycles. The van der Waals surface area contributed by atoms with Crippen molar-refractivity contribution in [1.29, 1.82) is 0 Å². The molecule has 1 atom stereocenters. The first kappa shape index (κ1) is 26.3. The number of benzene rings is 4. The summed E-state index contributed by atoms with van der Waals surface area (Å²) in [6, 6.07) is 40.3. The summed E-state index contributed by atoms with van der Waals surface area (Å²) in [5.74, 6) is 0. The lowest BCUT2D eigenvalue weighted by Crippen LogP contribution is -2.12. The van der Waals surface area contributed by atoms with Gasteiger partial charge in [-0.15, -0.1) is 11.8 Å². The second-order valence-corrected chi connectivity index (χ2v) is 13.4.